The lowest BCUT2D eigenvalue weighted by molar-refractivity contribution is 0.234. The molecule has 0 fully saturated rings. The Morgan fingerprint density at radius 2 is 1.67 bits per heavy atom. The average Bonchev–Trinajstić information content (AvgIpc) is 3.24. The van der Waals surface area contributed by atoms with Crippen LogP contribution < -0.4 is 4.74 Å². The normalized spacial score (nSPS) is 15.2. The first-order valence-corrected chi connectivity index (χ1v) is 10.4. The number of hydrogen-bond donors (Lipinski definition) is 2. The molecule has 4 nitrogen and oxygen atoms in total. The van der Waals surface area contributed by atoms with Crippen LogP contribution in [0.3, 0.4) is 0 Å². The van der Waals surface area contributed by atoms with Crippen molar-refractivity contribution in [2.24, 2.45) is 0 Å². The molecule has 1 atom stereocenters. The van der Waals surface area contributed by atoms with E-state index in [1.54, 1.807) is 19.1 Å². The molecule has 0 aromatic heterocycles. The molecule has 0 aliphatic heterocycles. The van der Waals surface area contributed by atoms with E-state index in [0.29, 0.717) is 6.61 Å². The fourth-order valence-electron chi connectivity index (χ4n) is 3.68. The van der Waals surface area contributed by atoms with Gasteiger partial charge in [0, 0.05) is 6.54 Å². The highest BCUT2D eigenvalue weighted by Crippen LogP contribution is 2.36. The number of rotatable bonds is 9. The van der Waals surface area contributed by atoms with Crippen LogP contribution in [0, 0.1) is 0 Å². The van der Waals surface area contributed by atoms with Crippen molar-refractivity contribution in [3.63, 3.8) is 0 Å². The van der Waals surface area contributed by atoms with Crippen LogP contribution >= 0.6 is 0 Å². The van der Waals surface area contributed by atoms with Gasteiger partial charge in [-0.05, 0) is 86.0 Å². The van der Waals surface area contributed by atoms with Gasteiger partial charge in [0.15, 0.2) is 0 Å². The third-order valence-corrected chi connectivity index (χ3v) is 5.12. The Kier molecular flexibility index (Phi) is 7.50. The molecule has 2 aromatic carbocycles. The molecule has 2 N–H and O–H groups in total. The third-order valence-electron chi connectivity index (χ3n) is 5.12. The van der Waals surface area contributed by atoms with Gasteiger partial charge < -0.3 is 19.8 Å². The lowest BCUT2D eigenvalue weighted by Gasteiger charge is -2.20. The van der Waals surface area contributed by atoms with Crippen molar-refractivity contribution in [2.75, 3.05) is 27.2 Å². The number of aliphatic hydroxyl groups is 1. The van der Waals surface area contributed by atoms with Gasteiger partial charge in [-0.25, -0.2) is 0 Å². The molecule has 0 saturated heterocycles. The molecule has 0 amide bonds. The second kappa shape index (κ2) is 10.3. The molecule has 30 heavy (non-hydrogen) atoms. The second-order valence-corrected chi connectivity index (χ2v) is 7.87. The van der Waals surface area contributed by atoms with Crippen molar-refractivity contribution < 1.29 is 14.9 Å². The first-order valence-electron chi connectivity index (χ1n) is 10.4. The van der Waals surface area contributed by atoms with Gasteiger partial charge in [0.2, 0.25) is 0 Å². The predicted molar refractivity (Wildman–Crippen MR) is 123 cm³/mol. The highest BCUT2D eigenvalue weighted by molar-refractivity contribution is 5.85. The minimum atomic E-state index is -0.623. The van der Waals surface area contributed by atoms with Gasteiger partial charge in [-0.2, -0.15) is 0 Å². The summed E-state index contributed by atoms with van der Waals surface area (Å²) in [5.41, 5.74) is 4.95. The smallest absolute Gasteiger partial charge is 0.119 e. The molecule has 2 aromatic rings. The molecular formula is C26H31NO3. The molecule has 1 aliphatic carbocycles. The summed E-state index contributed by atoms with van der Waals surface area (Å²) in [6.45, 7) is 3.47. The van der Waals surface area contributed by atoms with Crippen LogP contribution in [-0.2, 0) is 0 Å². The summed E-state index contributed by atoms with van der Waals surface area (Å²) in [6, 6.07) is 15.2. The van der Waals surface area contributed by atoms with Gasteiger partial charge in [-0.3, -0.25) is 0 Å². The average molecular weight is 406 g/mol. The quantitative estimate of drug-likeness (QED) is 0.589. The van der Waals surface area contributed by atoms with Crippen LogP contribution in [0.25, 0.3) is 5.57 Å². The third kappa shape index (κ3) is 5.62. The van der Waals surface area contributed by atoms with Gasteiger partial charge in [-0.1, -0.05) is 42.5 Å². The van der Waals surface area contributed by atoms with E-state index in [4.69, 9.17) is 4.74 Å². The zero-order chi connectivity index (χ0) is 21.5. The molecule has 1 unspecified atom stereocenters. The fourth-order valence-corrected chi connectivity index (χ4v) is 3.68. The number of benzene rings is 2. The molecule has 4 heteroatoms. The minimum absolute atomic E-state index is 0.222. The first-order chi connectivity index (χ1) is 14.5. The lowest BCUT2D eigenvalue weighted by Crippen LogP contribution is -2.15. The number of allylic oxidation sites excluding steroid dienone is 3. The molecular weight excluding hydrogens is 374 g/mol. The van der Waals surface area contributed by atoms with Gasteiger partial charge in [-0.15, -0.1) is 0 Å². The SMILES string of the molecule is CC(O)/C(C1=CC=CC1)=C(/c1ccc(O)cc1)c1ccc(OCCCN(C)C)cc1. The van der Waals surface area contributed by atoms with Crippen molar-refractivity contribution in [3.05, 3.63) is 89.0 Å². The largest absolute Gasteiger partial charge is 0.508 e. The van der Waals surface area contributed by atoms with Gasteiger partial charge in [0.05, 0.1) is 12.7 Å². The molecule has 0 bridgehead atoms. The summed E-state index contributed by atoms with van der Waals surface area (Å²) >= 11 is 0. The van der Waals surface area contributed by atoms with Crippen molar-refractivity contribution >= 4 is 5.57 Å². The number of aliphatic hydroxyl groups excluding tert-OH is 1. The summed E-state index contributed by atoms with van der Waals surface area (Å²) in [6.07, 6.45) is 7.33. The lowest BCUT2D eigenvalue weighted by atomic mass is 9.86. The van der Waals surface area contributed by atoms with E-state index in [0.717, 1.165) is 53.0 Å². The van der Waals surface area contributed by atoms with Crippen molar-refractivity contribution in [2.45, 2.75) is 25.9 Å². The Morgan fingerprint density at radius 1 is 1.03 bits per heavy atom. The van der Waals surface area contributed by atoms with Crippen LogP contribution in [0.2, 0.25) is 0 Å². The maximum Gasteiger partial charge on any atom is 0.119 e. The zero-order valence-corrected chi connectivity index (χ0v) is 18.0. The van der Waals surface area contributed by atoms with E-state index in [1.807, 2.05) is 42.5 Å². The van der Waals surface area contributed by atoms with E-state index in [1.165, 1.54) is 0 Å². The Hall–Kier alpha value is -2.82. The molecule has 1 aliphatic rings. The van der Waals surface area contributed by atoms with Gasteiger partial charge in [0.25, 0.3) is 0 Å². The van der Waals surface area contributed by atoms with E-state index < -0.39 is 6.10 Å². The summed E-state index contributed by atoms with van der Waals surface area (Å²) in [5.74, 6) is 1.06. The van der Waals surface area contributed by atoms with E-state index >= 15 is 0 Å². The monoisotopic (exact) mass is 405 g/mol. The summed E-state index contributed by atoms with van der Waals surface area (Å²) in [7, 11) is 4.11. The van der Waals surface area contributed by atoms with Crippen LogP contribution in [0.1, 0.15) is 30.9 Å². The molecule has 3 rings (SSSR count). The van der Waals surface area contributed by atoms with Gasteiger partial charge in [0.1, 0.15) is 11.5 Å². The Bertz CT molecular complexity index is 920. The second-order valence-electron chi connectivity index (χ2n) is 7.87. The summed E-state index contributed by atoms with van der Waals surface area (Å²) in [5, 5.41) is 20.4. The Morgan fingerprint density at radius 3 is 2.20 bits per heavy atom. The zero-order valence-electron chi connectivity index (χ0n) is 18.0. The van der Waals surface area contributed by atoms with Crippen LogP contribution in [0.5, 0.6) is 11.5 Å². The van der Waals surface area contributed by atoms with Crippen molar-refractivity contribution in [3.8, 4) is 11.5 Å². The molecule has 0 spiro atoms. The van der Waals surface area contributed by atoms with Gasteiger partial charge >= 0.3 is 0 Å². The van der Waals surface area contributed by atoms with Crippen molar-refractivity contribution in [1.29, 1.82) is 0 Å². The number of phenols is 1. The van der Waals surface area contributed by atoms with Crippen molar-refractivity contribution in [1.82, 2.24) is 4.90 Å². The number of ether oxygens (including phenoxy) is 1. The maximum atomic E-state index is 10.7. The molecule has 0 radical (unpaired) electrons. The topological polar surface area (TPSA) is 52.9 Å². The van der Waals surface area contributed by atoms with Crippen LogP contribution in [0.15, 0.2) is 77.9 Å². The molecule has 0 heterocycles. The first kappa shape index (κ1) is 21.9. The number of phenolic OH excluding ortho intramolecular Hbond substituents is 1. The van der Waals surface area contributed by atoms with Crippen LogP contribution in [0.4, 0.5) is 0 Å². The molecule has 0 saturated carbocycles. The highest BCUT2D eigenvalue weighted by atomic mass is 16.5. The Labute approximate surface area is 179 Å². The number of nitrogens with zero attached hydrogens (tertiary/aromatic N) is 1. The Balaban J connectivity index is 1.94. The van der Waals surface area contributed by atoms with E-state index in [9.17, 15) is 10.2 Å². The highest BCUT2D eigenvalue weighted by Gasteiger charge is 2.20. The summed E-state index contributed by atoms with van der Waals surface area (Å²) in [4.78, 5) is 2.14. The summed E-state index contributed by atoms with van der Waals surface area (Å²) < 4.78 is 5.87. The maximum absolute atomic E-state index is 10.7. The molecule has 158 valence electrons. The standard InChI is InChI=1S/C26H31NO3/c1-19(28)25(20-7-4-5-8-20)26(21-9-13-23(29)14-10-21)22-11-15-24(16-12-22)30-18-6-17-27(2)3/h4-5,7,9-16,19,28-29H,6,8,17-18H2,1-3H3/b26-25+. The van der Waals surface area contributed by atoms with E-state index in [2.05, 4.69) is 31.1 Å². The van der Waals surface area contributed by atoms with E-state index in [-0.39, 0.29) is 5.75 Å². The van der Waals surface area contributed by atoms with Crippen LogP contribution in [-0.4, -0.2) is 48.5 Å². The minimum Gasteiger partial charge on any atom is -0.508 e. The number of aromatic hydroxyl groups is 1. The predicted octanol–water partition coefficient (Wildman–Crippen LogP) is 4.79. The number of hydrogen-bond acceptors (Lipinski definition) is 4. The fraction of sp³-hybridized carbons (Fsp3) is 0.308.